The number of nitrogens with one attached hydrogen (secondary N) is 1. The van der Waals surface area contributed by atoms with Crippen LogP contribution in [-0.4, -0.2) is 36.5 Å². The molecule has 0 amide bonds. The Labute approximate surface area is 80.5 Å². The van der Waals surface area contributed by atoms with Crippen molar-refractivity contribution < 1.29 is 9.84 Å². The van der Waals surface area contributed by atoms with Gasteiger partial charge in [-0.05, 0) is 20.4 Å². The summed E-state index contributed by atoms with van der Waals surface area (Å²) in [4.78, 5) is 0. The molecule has 0 spiro atoms. The average Bonchev–Trinajstić information content (AvgIpc) is 2.04. The monoisotopic (exact) mass is 187 g/mol. The van der Waals surface area contributed by atoms with Crippen molar-refractivity contribution in [1.29, 1.82) is 0 Å². The molecule has 3 nitrogen and oxygen atoms in total. The molecule has 1 heterocycles. The fourth-order valence-electron chi connectivity index (χ4n) is 2.03. The van der Waals surface area contributed by atoms with Gasteiger partial charge in [0.25, 0.3) is 0 Å². The highest BCUT2D eigenvalue weighted by Crippen LogP contribution is 2.33. The first-order valence-electron chi connectivity index (χ1n) is 5.04. The molecule has 0 radical (unpaired) electrons. The highest BCUT2D eigenvalue weighted by molar-refractivity contribution is 4.93. The van der Waals surface area contributed by atoms with Gasteiger partial charge in [0.1, 0.15) is 0 Å². The minimum absolute atomic E-state index is 0.135. The Morgan fingerprint density at radius 1 is 1.54 bits per heavy atom. The van der Waals surface area contributed by atoms with Crippen LogP contribution >= 0.6 is 0 Å². The zero-order chi connectivity index (χ0) is 9.95. The third-order valence-electron chi connectivity index (χ3n) is 2.97. The van der Waals surface area contributed by atoms with Crippen LogP contribution in [0.5, 0.6) is 0 Å². The number of ether oxygens (including phenoxy) is 1. The van der Waals surface area contributed by atoms with Crippen LogP contribution < -0.4 is 5.32 Å². The van der Waals surface area contributed by atoms with Crippen molar-refractivity contribution in [3.63, 3.8) is 0 Å². The number of hydrogen-bond donors (Lipinski definition) is 2. The highest BCUT2D eigenvalue weighted by atomic mass is 16.5. The van der Waals surface area contributed by atoms with Crippen LogP contribution in [0.25, 0.3) is 0 Å². The summed E-state index contributed by atoms with van der Waals surface area (Å²) in [5.41, 5.74) is -0.707. The Balaban J connectivity index is 2.59. The lowest BCUT2D eigenvalue weighted by molar-refractivity contribution is -0.151. The van der Waals surface area contributed by atoms with Crippen LogP contribution in [0.4, 0.5) is 0 Å². The van der Waals surface area contributed by atoms with Crippen LogP contribution in [0.1, 0.15) is 33.1 Å². The first kappa shape index (κ1) is 11.0. The lowest BCUT2D eigenvalue weighted by Crippen LogP contribution is -2.51. The quantitative estimate of drug-likeness (QED) is 0.690. The Kier molecular flexibility index (Phi) is 3.33. The molecule has 13 heavy (non-hydrogen) atoms. The van der Waals surface area contributed by atoms with E-state index in [1.807, 2.05) is 7.05 Å². The van der Waals surface area contributed by atoms with Gasteiger partial charge in [-0.25, -0.2) is 0 Å². The molecule has 78 valence electrons. The fourth-order valence-corrected chi connectivity index (χ4v) is 2.03. The molecule has 1 rings (SSSR count). The fraction of sp³-hybridized carbons (Fsp3) is 1.00. The topological polar surface area (TPSA) is 41.5 Å². The third-order valence-corrected chi connectivity index (χ3v) is 2.97. The van der Waals surface area contributed by atoms with E-state index in [0.717, 1.165) is 19.3 Å². The molecular formula is C10H21NO2. The van der Waals surface area contributed by atoms with E-state index in [1.165, 1.54) is 0 Å². The normalized spacial score (nSPS) is 40.6. The van der Waals surface area contributed by atoms with Gasteiger partial charge in [-0.15, -0.1) is 0 Å². The first-order chi connectivity index (χ1) is 6.04. The van der Waals surface area contributed by atoms with Gasteiger partial charge >= 0.3 is 0 Å². The van der Waals surface area contributed by atoms with E-state index in [1.54, 1.807) is 0 Å². The maximum atomic E-state index is 10.2. The second-order valence-electron chi connectivity index (χ2n) is 4.33. The predicted octanol–water partition coefficient (Wildman–Crippen LogP) is 0.916. The molecule has 1 saturated heterocycles. The molecular weight excluding hydrogens is 166 g/mol. The Morgan fingerprint density at radius 3 is 2.77 bits per heavy atom. The molecule has 2 atom stereocenters. The van der Waals surface area contributed by atoms with Gasteiger partial charge in [0.05, 0.1) is 17.8 Å². The molecule has 0 aromatic heterocycles. The summed E-state index contributed by atoms with van der Waals surface area (Å²) in [5, 5.41) is 13.2. The van der Waals surface area contributed by atoms with Crippen molar-refractivity contribution in [3.8, 4) is 0 Å². The number of rotatable bonds is 3. The Morgan fingerprint density at radius 2 is 2.23 bits per heavy atom. The summed E-state index contributed by atoms with van der Waals surface area (Å²) in [6, 6.07) is 0. The van der Waals surface area contributed by atoms with Crippen LogP contribution in [0.15, 0.2) is 0 Å². The van der Waals surface area contributed by atoms with E-state index in [-0.39, 0.29) is 5.60 Å². The molecule has 0 aromatic rings. The standard InChI is InChI=1S/C10H21NO2/c1-4-9(2)7-10(12,8-11-3)5-6-13-9/h11-12H,4-8H2,1-3H3. The summed E-state index contributed by atoms with van der Waals surface area (Å²) in [5.74, 6) is 0. The van der Waals surface area contributed by atoms with E-state index in [2.05, 4.69) is 19.2 Å². The zero-order valence-corrected chi connectivity index (χ0v) is 8.89. The van der Waals surface area contributed by atoms with Gasteiger partial charge in [-0.2, -0.15) is 0 Å². The summed E-state index contributed by atoms with van der Waals surface area (Å²) >= 11 is 0. The molecule has 2 unspecified atom stereocenters. The van der Waals surface area contributed by atoms with Crippen molar-refractivity contribution in [2.24, 2.45) is 0 Å². The molecule has 0 saturated carbocycles. The third kappa shape index (κ3) is 2.66. The summed E-state index contributed by atoms with van der Waals surface area (Å²) in [7, 11) is 1.87. The Hall–Kier alpha value is -0.120. The highest BCUT2D eigenvalue weighted by Gasteiger charge is 2.40. The number of aliphatic hydroxyl groups is 1. The van der Waals surface area contributed by atoms with Crippen molar-refractivity contribution in [3.05, 3.63) is 0 Å². The molecule has 1 fully saturated rings. The van der Waals surface area contributed by atoms with Gasteiger partial charge in [-0.3, -0.25) is 0 Å². The minimum atomic E-state index is -0.572. The lowest BCUT2D eigenvalue weighted by atomic mass is 9.82. The van der Waals surface area contributed by atoms with E-state index >= 15 is 0 Å². The molecule has 3 heteroatoms. The summed E-state index contributed by atoms with van der Waals surface area (Å²) in [6.45, 7) is 5.51. The van der Waals surface area contributed by atoms with Crippen molar-refractivity contribution in [1.82, 2.24) is 5.32 Å². The Bertz CT molecular complexity index is 170. The van der Waals surface area contributed by atoms with Gasteiger partial charge in [0.15, 0.2) is 0 Å². The predicted molar refractivity (Wildman–Crippen MR) is 52.8 cm³/mol. The molecule has 2 N–H and O–H groups in total. The van der Waals surface area contributed by atoms with Crippen molar-refractivity contribution >= 4 is 0 Å². The maximum Gasteiger partial charge on any atom is 0.0820 e. The van der Waals surface area contributed by atoms with Crippen molar-refractivity contribution in [2.45, 2.75) is 44.3 Å². The van der Waals surface area contributed by atoms with E-state index in [0.29, 0.717) is 13.2 Å². The molecule has 0 bridgehead atoms. The van der Waals surface area contributed by atoms with E-state index in [9.17, 15) is 5.11 Å². The molecule has 0 aromatic carbocycles. The lowest BCUT2D eigenvalue weighted by Gasteiger charge is -2.43. The second kappa shape index (κ2) is 3.95. The SMILES string of the molecule is CCC1(C)CC(O)(CNC)CCO1. The summed E-state index contributed by atoms with van der Waals surface area (Å²) < 4.78 is 5.67. The smallest absolute Gasteiger partial charge is 0.0820 e. The number of likely N-dealkylation sites (N-methyl/N-ethyl adjacent to an activating group) is 1. The van der Waals surface area contributed by atoms with Crippen molar-refractivity contribution in [2.75, 3.05) is 20.2 Å². The maximum absolute atomic E-state index is 10.2. The van der Waals surface area contributed by atoms with Crippen LogP contribution in [0.3, 0.4) is 0 Å². The summed E-state index contributed by atoms with van der Waals surface area (Å²) in [6.07, 6.45) is 2.43. The van der Waals surface area contributed by atoms with Gasteiger partial charge < -0.3 is 15.2 Å². The zero-order valence-electron chi connectivity index (χ0n) is 8.89. The van der Waals surface area contributed by atoms with Crippen LogP contribution in [-0.2, 0) is 4.74 Å². The van der Waals surface area contributed by atoms with E-state index in [4.69, 9.17) is 4.74 Å². The van der Waals surface area contributed by atoms with E-state index < -0.39 is 5.60 Å². The van der Waals surface area contributed by atoms with Gasteiger partial charge in [0.2, 0.25) is 0 Å². The molecule has 1 aliphatic heterocycles. The minimum Gasteiger partial charge on any atom is -0.388 e. The van der Waals surface area contributed by atoms with Crippen LogP contribution in [0.2, 0.25) is 0 Å². The van der Waals surface area contributed by atoms with Gasteiger partial charge in [-0.1, -0.05) is 6.92 Å². The second-order valence-corrected chi connectivity index (χ2v) is 4.33. The van der Waals surface area contributed by atoms with Crippen LogP contribution in [0, 0.1) is 0 Å². The largest absolute Gasteiger partial charge is 0.388 e. The molecule has 1 aliphatic rings. The average molecular weight is 187 g/mol. The van der Waals surface area contributed by atoms with Gasteiger partial charge in [0, 0.05) is 19.4 Å². The molecule has 0 aliphatic carbocycles. The number of hydrogen-bond acceptors (Lipinski definition) is 3. The first-order valence-corrected chi connectivity index (χ1v) is 5.04.